The Hall–Kier alpha value is -1.82. The molecule has 0 amide bonds. The van der Waals surface area contributed by atoms with Gasteiger partial charge in [0.15, 0.2) is 0 Å². The average molecular weight is 208 g/mol. The van der Waals surface area contributed by atoms with Crippen molar-refractivity contribution in [3.05, 3.63) is 84.7 Å². The highest BCUT2D eigenvalue weighted by molar-refractivity contribution is 5.44. The first kappa shape index (κ1) is 10.7. The van der Waals surface area contributed by atoms with Crippen molar-refractivity contribution in [1.29, 1.82) is 0 Å². The molecule has 0 saturated carbocycles. The Morgan fingerprint density at radius 2 is 1.25 bits per heavy atom. The predicted octanol–water partition coefficient (Wildman–Crippen LogP) is 4.28. The zero-order valence-corrected chi connectivity index (χ0v) is 9.45. The summed E-state index contributed by atoms with van der Waals surface area (Å²) in [6, 6.07) is 0. The number of rotatable bonds is 3. The van der Waals surface area contributed by atoms with Gasteiger partial charge in [-0.1, -0.05) is 0 Å². The summed E-state index contributed by atoms with van der Waals surface area (Å²) in [5.41, 5.74) is 4.87. The second-order valence-corrected chi connectivity index (χ2v) is 4.14. The minimum atomic E-state index is 1.06. The monoisotopic (exact) mass is 208 g/mol. The summed E-state index contributed by atoms with van der Waals surface area (Å²) in [5.74, 6) is 0. The van der Waals surface area contributed by atoms with Gasteiger partial charge in [0.2, 0.25) is 0 Å². The molecule has 0 aromatic heterocycles. The molecule has 0 aromatic carbocycles. The molecule has 0 aliphatic heterocycles. The van der Waals surface area contributed by atoms with Crippen LogP contribution in [0.4, 0.5) is 0 Å². The van der Waals surface area contributed by atoms with Crippen molar-refractivity contribution in [3.8, 4) is 0 Å². The van der Waals surface area contributed by atoms with E-state index in [1.807, 2.05) is 12.8 Å². The highest BCUT2D eigenvalue weighted by Gasteiger charge is 1.96. The molecule has 0 heteroatoms. The summed E-state index contributed by atoms with van der Waals surface area (Å²) in [7, 11) is 0. The van der Waals surface area contributed by atoms with E-state index in [2.05, 4.69) is 49.6 Å². The van der Waals surface area contributed by atoms with E-state index in [9.17, 15) is 0 Å². The lowest BCUT2D eigenvalue weighted by molar-refractivity contribution is 0.961. The van der Waals surface area contributed by atoms with Crippen molar-refractivity contribution >= 4 is 0 Å². The standard InChI is InChI=1S/C16H16/c1-13-5-3-7-15(11-13)9-10-16-8-4-6-14(2)12-16/h3-8,11-12H,1-2,9-10H2/q-2. The molecule has 82 valence electrons. The van der Waals surface area contributed by atoms with E-state index < -0.39 is 0 Å². The first-order valence-electron chi connectivity index (χ1n) is 5.56. The molecular weight excluding hydrogens is 192 g/mol. The Morgan fingerprint density at radius 1 is 0.812 bits per heavy atom. The van der Waals surface area contributed by atoms with E-state index in [0.717, 1.165) is 24.0 Å². The molecule has 0 heterocycles. The van der Waals surface area contributed by atoms with E-state index in [1.54, 1.807) is 0 Å². The van der Waals surface area contributed by atoms with Crippen LogP contribution in [-0.2, 0) is 0 Å². The molecule has 0 fully saturated rings. The van der Waals surface area contributed by atoms with Crippen LogP contribution in [-0.4, -0.2) is 0 Å². The smallest absolute Gasteiger partial charge is 0.0426 e. The first-order valence-corrected chi connectivity index (χ1v) is 5.56. The number of hydrogen-bond acceptors (Lipinski definition) is 0. The lowest BCUT2D eigenvalue weighted by Crippen LogP contribution is -1.92. The van der Waals surface area contributed by atoms with Crippen LogP contribution in [0.2, 0.25) is 0 Å². The average Bonchev–Trinajstić information content (AvgIpc) is 2.27. The van der Waals surface area contributed by atoms with E-state index in [1.165, 1.54) is 11.1 Å². The van der Waals surface area contributed by atoms with Crippen molar-refractivity contribution in [2.75, 3.05) is 0 Å². The molecule has 0 N–H and O–H groups in total. The quantitative estimate of drug-likeness (QED) is 0.607. The third-order valence-corrected chi connectivity index (χ3v) is 2.69. The van der Waals surface area contributed by atoms with Gasteiger partial charge in [0.05, 0.1) is 0 Å². The molecule has 0 saturated heterocycles. The summed E-state index contributed by atoms with van der Waals surface area (Å²) in [6.45, 7) is 7.88. The van der Waals surface area contributed by atoms with Crippen LogP contribution in [0.1, 0.15) is 12.8 Å². The fourth-order valence-electron chi connectivity index (χ4n) is 1.86. The van der Waals surface area contributed by atoms with Gasteiger partial charge in [0.1, 0.15) is 0 Å². The summed E-state index contributed by atoms with van der Waals surface area (Å²) >= 11 is 0. The van der Waals surface area contributed by atoms with Crippen LogP contribution in [0.15, 0.2) is 71.9 Å². The molecule has 0 aromatic rings. The molecule has 0 bridgehead atoms. The summed E-state index contributed by atoms with van der Waals surface area (Å²) in [4.78, 5) is 0. The highest BCUT2D eigenvalue weighted by atomic mass is 14.1. The lowest BCUT2D eigenvalue weighted by atomic mass is 9.95. The third-order valence-electron chi connectivity index (χ3n) is 2.69. The van der Waals surface area contributed by atoms with Gasteiger partial charge < -0.3 is 0 Å². The maximum atomic E-state index is 3.94. The number of hydrogen-bond donors (Lipinski definition) is 0. The minimum absolute atomic E-state index is 1.06. The first-order chi connectivity index (χ1) is 7.74. The topological polar surface area (TPSA) is 0 Å². The second-order valence-electron chi connectivity index (χ2n) is 4.14. The Labute approximate surface area is 98.1 Å². The molecular formula is C16H16-2. The molecule has 0 nitrogen and oxygen atoms in total. The summed E-state index contributed by atoms with van der Waals surface area (Å²) in [6.07, 6.45) is 18.9. The Morgan fingerprint density at radius 3 is 1.62 bits per heavy atom. The fraction of sp³-hybridized carbons (Fsp3) is 0.125. The van der Waals surface area contributed by atoms with E-state index in [0.29, 0.717) is 0 Å². The normalized spacial score (nSPS) is 18.8. The van der Waals surface area contributed by atoms with Crippen molar-refractivity contribution in [1.82, 2.24) is 0 Å². The van der Waals surface area contributed by atoms with E-state index >= 15 is 0 Å². The lowest BCUT2D eigenvalue weighted by Gasteiger charge is -2.19. The minimum Gasteiger partial charge on any atom is -0.171 e. The van der Waals surface area contributed by atoms with Crippen LogP contribution in [0.3, 0.4) is 0 Å². The zero-order chi connectivity index (χ0) is 11.4. The van der Waals surface area contributed by atoms with Gasteiger partial charge in [-0.05, 0) is 12.8 Å². The number of allylic oxidation sites excluding steroid dienone is 10. The molecule has 0 atom stereocenters. The Bertz CT molecular complexity index is 383. The van der Waals surface area contributed by atoms with Crippen molar-refractivity contribution in [2.45, 2.75) is 12.8 Å². The van der Waals surface area contributed by atoms with Gasteiger partial charge in [-0.15, -0.1) is 60.4 Å². The van der Waals surface area contributed by atoms with Crippen LogP contribution < -0.4 is 0 Å². The van der Waals surface area contributed by atoms with Crippen LogP contribution in [0.25, 0.3) is 0 Å². The predicted molar refractivity (Wildman–Crippen MR) is 70.6 cm³/mol. The van der Waals surface area contributed by atoms with Gasteiger partial charge >= 0.3 is 0 Å². The van der Waals surface area contributed by atoms with Gasteiger partial charge in [-0.25, -0.2) is 0 Å². The molecule has 2 aliphatic rings. The fourth-order valence-corrected chi connectivity index (χ4v) is 1.86. The third kappa shape index (κ3) is 2.83. The van der Waals surface area contributed by atoms with Gasteiger partial charge in [-0.2, -0.15) is 24.3 Å². The highest BCUT2D eigenvalue weighted by Crippen LogP contribution is 2.22. The van der Waals surface area contributed by atoms with Gasteiger partial charge in [-0.3, -0.25) is 0 Å². The van der Waals surface area contributed by atoms with Gasteiger partial charge in [0, 0.05) is 0 Å². The molecule has 0 radical (unpaired) electrons. The molecule has 0 unspecified atom stereocenters. The molecule has 2 rings (SSSR count). The largest absolute Gasteiger partial charge is 0.171 e. The van der Waals surface area contributed by atoms with Crippen LogP contribution in [0.5, 0.6) is 0 Å². The van der Waals surface area contributed by atoms with Crippen LogP contribution in [0, 0.1) is 12.8 Å². The Balaban J connectivity index is 1.93. The van der Waals surface area contributed by atoms with Crippen LogP contribution >= 0.6 is 0 Å². The maximum Gasteiger partial charge on any atom is -0.0426 e. The molecule has 16 heavy (non-hydrogen) atoms. The Kier molecular flexibility index (Phi) is 3.21. The van der Waals surface area contributed by atoms with E-state index in [-0.39, 0.29) is 0 Å². The van der Waals surface area contributed by atoms with Gasteiger partial charge in [0.25, 0.3) is 0 Å². The summed E-state index contributed by atoms with van der Waals surface area (Å²) < 4.78 is 0. The van der Waals surface area contributed by atoms with Crippen molar-refractivity contribution in [3.63, 3.8) is 0 Å². The molecule has 2 aliphatic carbocycles. The zero-order valence-electron chi connectivity index (χ0n) is 9.45. The van der Waals surface area contributed by atoms with E-state index in [4.69, 9.17) is 0 Å². The molecule has 0 spiro atoms. The SMILES string of the molecule is C=C1C=C(CCC2=CC(=C)[CH-]C=C2)C=C[CH-]1. The summed E-state index contributed by atoms with van der Waals surface area (Å²) in [5, 5.41) is 0. The van der Waals surface area contributed by atoms with Crippen molar-refractivity contribution in [2.24, 2.45) is 0 Å². The second kappa shape index (κ2) is 4.80. The van der Waals surface area contributed by atoms with Crippen molar-refractivity contribution < 1.29 is 0 Å². The maximum absolute atomic E-state index is 3.94.